The maximum atomic E-state index is 13.4. The van der Waals surface area contributed by atoms with Crippen molar-refractivity contribution in [1.82, 2.24) is 10.3 Å². The van der Waals surface area contributed by atoms with E-state index in [2.05, 4.69) is 17.2 Å². The number of nitrogens with one attached hydrogen (secondary N) is 1. The van der Waals surface area contributed by atoms with Gasteiger partial charge in [0.2, 0.25) is 5.75 Å². The molecule has 1 N–H and O–H groups in total. The fraction of sp³-hybridized carbons (Fsp3) is 0.548. The molecule has 11 nitrogen and oxygen atoms in total. The summed E-state index contributed by atoms with van der Waals surface area (Å²) in [4.78, 5) is 43.1. The van der Waals surface area contributed by atoms with E-state index in [0.717, 1.165) is 24.8 Å². The number of esters is 2. The molecular weight excluding hydrogens is 615 g/mol. The summed E-state index contributed by atoms with van der Waals surface area (Å²) < 4.78 is 33.7. The molecular formula is C31H40Cl2N2O9. The van der Waals surface area contributed by atoms with Crippen LogP contribution in [0, 0.1) is 5.92 Å². The number of rotatable bonds is 14. The van der Waals surface area contributed by atoms with Crippen molar-refractivity contribution in [1.29, 1.82) is 0 Å². The molecule has 1 aliphatic heterocycles. The molecule has 1 aromatic carbocycles. The Kier molecular flexibility index (Phi) is 14.6. The summed E-state index contributed by atoms with van der Waals surface area (Å²) in [5.74, 6) is -2.44. The van der Waals surface area contributed by atoms with Gasteiger partial charge in [0.15, 0.2) is 17.5 Å². The molecule has 0 radical (unpaired) electrons. The van der Waals surface area contributed by atoms with Gasteiger partial charge in [-0.15, -0.1) is 0 Å². The average Bonchev–Trinajstić information content (AvgIpc) is 3.04. The quantitative estimate of drug-likeness (QED) is 0.223. The third-order valence-corrected chi connectivity index (χ3v) is 7.61. The van der Waals surface area contributed by atoms with E-state index in [9.17, 15) is 14.4 Å². The topological polar surface area (TPSA) is 132 Å². The number of aromatic nitrogens is 1. The van der Waals surface area contributed by atoms with E-state index in [0.29, 0.717) is 23.1 Å². The molecule has 3 rings (SSSR count). The minimum Gasteiger partial charge on any atom is -0.493 e. The lowest BCUT2D eigenvalue weighted by Gasteiger charge is -2.31. The van der Waals surface area contributed by atoms with E-state index in [1.807, 2.05) is 6.07 Å². The predicted octanol–water partition coefficient (Wildman–Crippen LogP) is 4.83. The van der Waals surface area contributed by atoms with Gasteiger partial charge in [0.05, 0.1) is 39.5 Å². The van der Waals surface area contributed by atoms with E-state index in [-0.39, 0.29) is 49.4 Å². The highest BCUT2D eigenvalue weighted by atomic mass is 35.5. The van der Waals surface area contributed by atoms with Gasteiger partial charge in [0, 0.05) is 41.9 Å². The van der Waals surface area contributed by atoms with E-state index >= 15 is 0 Å². The van der Waals surface area contributed by atoms with Crippen LogP contribution < -0.4 is 14.8 Å². The number of amides is 1. The van der Waals surface area contributed by atoms with E-state index in [1.165, 1.54) is 26.5 Å². The third-order valence-electron chi connectivity index (χ3n) is 7.02. The van der Waals surface area contributed by atoms with Gasteiger partial charge in [-0.25, -0.2) is 9.78 Å². The highest BCUT2D eigenvalue weighted by Gasteiger charge is 2.36. The summed E-state index contributed by atoms with van der Waals surface area (Å²) in [6.45, 7) is 4.49. The molecule has 242 valence electrons. The van der Waals surface area contributed by atoms with Crippen molar-refractivity contribution in [3.05, 3.63) is 51.8 Å². The molecule has 2 heterocycles. The first-order valence-corrected chi connectivity index (χ1v) is 15.3. The van der Waals surface area contributed by atoms with Gasteiger partial charge in [0.25, 0.3) is 5.91 Å². The van der Waals surface area contributed by atoms with Crippen molar-refractivity contribution >= 4 is 41.0 Å². The van der Waals surface area contributed by atoms with Crippen LogP contribution in [0.3, 0.4) is 0 Å². The van der Waals surface area contributed by atoms with Crippen molar-refractivity contribution in [3.63, 3.8) is 0 Å². The van der Waals surface area contributed by atoms with Crippen LogP contribution in [0.25, 0.3) is 0 Å². The van der Waals surface area contributed by atoms with E-state index in [1.54, 1.807) is 19.1 Å². The number of carbonyl (C=O) groups excluding carboxylic acids is 3. The summed E-state index contributed by atoms with van der Waals surface area (Å²) in [7, 11) is 2.81. The lowest BCUT2D eigenvalue weighted by Crippen LogP contribution is -2.46. The van der Waals surface area contributed by atoms with Crippen molar-refractivity contribution in [2.45, 2.75) is 64.2 Å². The summed E-state index contributed by atoms with van der Waals surface area (Å²) in [5.41, 5.74) is 0.606. The summed E-state index contributed by atoms with van der Waals surface area (Å²) in [6, 6.07) is 5.55. The maximum Gasteiger partial charge on any atom is 0.331 e. The summed E-state index contributed by atoms with van der Waals surface area (Å²) in [5, 5.41) is 3.65. The maximum absolute atomic E-state index is 13.4. The molecule has 0 aliphatic carbocycles. The number of carbonyl (C=O) groups is 3. The Balaban J connectivity index is 1.81. The molecule has 1 saturated heterocycles. The number of unbranched alkanes of at least 4 members (excludes halogenated alkanes) is 2. The zero-order chi connectivity index (χ0) is 32.1. The van der Waals surface area contributed by atoms with E-state index < -0.39 is 36.1 Å². The Labute approximate surface area is 267 Å². The zero-order valence-electron chi connectivity index (χ0n) is 25.4. The number of pyridine rings is 1. The number of cyclic esters (lactones) is 1. The first-order chi connectivity index (χ1) is 21.2. The number of methoxy groups -OCH3 is 2. The first-order valence-electron chi connectivity index (χ1n) is 14.6. The largest absolute Gasteiger partial charge is 0.493 e. The second kappa shape index (κ2) is 18.1. The van der Waals surface area contributed by atoms with Crippen molar-refractivity contribution in [2.75, 3.05) is 40.6 Å². The Morgan fingerprint density at radius 1 is 1.11 bits per heavy atom. The number of hydrogen-bond acceptors (Lipinski definition) is 10. The molecule has 44 heavy (non-hydrogen) atoms. The van der Waals surface area contributed by atoms with E-state index in [4.69, 9.17) is 51.6 Å². The molecule has 0 unspecified atom stereocenters. The molecule has 0 bridgehead atoms. The first kappa shape index (κ1) is 35.5. The number of hydrogen-bond donors (Lipinski definition) is 1. The average molecular weight is 656 g/mol. The highest BCUT2D eigenvalue weighted by molar-refractivity contribution is 6.35. The van der Waals surface area contributed by atoms with Crippen LogP contribution in [0.1, 0.15) is 55.6 Å². The van der Waals surface area contributed by atoms with Crippen LogP contribution >= 0.6 is 23.2 Å². The number of nitrogens with zero attached hydrogens (tertiary/aromatic N) is 1. The monoisotopic (exact) mass is 654 g/mol. The fourth-order valence-electron chi connectivity index (χ4n) is 4.73. The predicted molar refractivity (Wildman–Crippen MR) is 163 cm³/mol. The van der Waals surface area contributed by atoms with Gasteiger partial charge in [-0.3, -0.25) is 9.59 Å². The van der Waals surface area contributed by atoms with Crippen LogP contribution in [-0.4, -0.2) is 81.7 Å². The summed E-state index contributed by atoms with van der Waals surface area (Å²) >= 11 is 12.6. The van der Waals surface area contributed by atoms with Gasteiger partial charge in [-0.05, 0) is 37.5 Å². The Morgan fingerprint density at radius 2 is 1.91 bits per heavy atom. The molecule has 0 saturated carbocycles. The molecule has 13 heteroatoms. The normalized spacial score (nSPS) is 20.5. The SMILES string of the molecule is CCCCCO[C@@H]1[C@@H](Cc2ccc(Cl)cc2Cl)COC[C@H](NC(=O)c2nccc(OC)c2OC(=O)CCOC)C(=O)O[C@H]1C. The van der Waals surface area contributed by atoms with Crippen LogP contribution in [0.15, 0.2) is 30.5 Å². The minimum atomic E-state index is -1.19. The van der Waals surface area contributed by atoms with Gasteiger partial charge < -0.3 is 33.7 Å². The van der Waals surface area contributed by atoms with Gasteiger partial charge >= 0.3 is 11.9 Å². The van der Waals surface area contributed by atoms with Crippen LogP contribution in [0.2, 0.25) is 10.0 Å². The van der Waals surface area contributed by atoms with Crippen molar-refractivity contribution < 1.29 is 42.8 Å². The van der Waals surface area contributed by atoms with Gasteiger partial charge in [-0.2, -0.15) is 0 Å². The lowest BCUT2D eigenvalue weighted by atomic mass is 9.91. The number of benzene rings is 1. The number of ether oxygens (including phenoxy) is 6. The molecule has 1 fully saturated rings. The molecule has 1 aromatic heterocycles. The van der Waals surface area contributed by atoms with Crippen molar-refractivity contribution in [3.8, 4) is 11.5 Å². The Hall–Kier alpha value is -2.96. The molecule has 2 aromatic rings. The second-order valence-electron chi connectivity index (χ2n) is 10.4. The minimum absolute atomic E-state index is 0.0552. The highest BCUT2D eigenvalue weighted by Crippen LogP contribution is 2.31. The Morgan fingerprint density at radius 3 is 2.61 bits per heavy atom. The lowest BCUT2D eigenvalue weighted by molar-refractivity contribution is -0.160. The standard InChI is InChI=1S/C31H40Cl2N2O9/c1-5-6-7-13-42-28-19(2)43-31(38)24(18-41-17-21(28)15-20-8-9-22(32)16-23(20)33)35-30(37)27-29(25(40-4)10-12-34-27)44-26(36)11-14-39-3/h8-10,12,16,19,21,24,28H,5-7,11,13-15,17-18H2,1-4H3,(H,35,37)/t19-,21-,24-,28-/m0/s1. The summed E-state index contributed by atoms with van der Waals surface area (Å²) in [6.07, 6.45) is 3.47. The third kappa shape index (κ3) is 10.3. The molecule has 4 atom stereocenters. The van der Waals surface area contributed by atoms with Crippen LogP contribution in [-0.2, 0) is 35.0 Å². The number of halogens is 2. The molecule has 1 amide bonds. The van der Waals surface area contributed by atoms with Crippen molar-refractivity contribution in [2.24, 2.45) is 5.92 Å². The smallest absolute Gasteiger partial charge is 0.331 e. The Bertz CT molecular complexity index is 1260. The van der Waals surface area contributed by atoms with Crippen LogP contribution in [0.5, 0.6) is 11.5 Å². The zero-order valence-corrected chi connectivity index (χ0v) is 26.9. The van der Waals surface area contributed by atoms with Gasteiger partial charge in [-0.1, -0.05) is 49.0 Å². The fourth-order valence-corrected chi connectivity index (χ4v) is 5.22. The van der Waals surface area contributed by atoms with Gasteiger partial charge in [0.1, 0.15) is 6.10 Å². The molecule has 1 aliphatic rings. The molecule has 0 spiro atoms. The van der Waals surface area contributed by atoms with Crippen LogP contribution in [0.4, 0.5) is 0 Å². The second-order valence-corrected chi connectivity index (χ2v) is 11.2.